The summed E-state index contributed by atoms with van der Waals surface area (Å²) >= 11 is 0. The molecule has 16 nitrogen and oxygen atoms in total. The average Bonchev–Trinajstić information content (AvgIpc) is 3.27. The first kappa shape index (κ1) is 46.8. The van der Waals surface area contributed by atoms with E-state index >= 15 is 0 Å². The lowest BCUT2D eigenvalue weighted by atomic mass is 9.96. The van der Waals surface area contributed by atoms with E-state index in [1.165, 1.54) is 27.9 Å². The molecule has 4 aromatic carbocycles. The van der Waals surface area contributed by atoms with E-state index in [0.717, 1.165) is 16.7 Å². The summed E-state index contributed by atoms with van der Waals surface area (Å²) in [5, 5.41) is 2.74. The van der Waals surface area contributed by atoms with Gasteiger partial charge < -0.3 is 52.1 Å². The summed E-state index contributed by atoms with van der Waals surface area (Å²) in [7, 11) is 1.31. The number of carbonyl (C=O) groups excluding carboxylic acids is 4. The van der Waals surface area contributed by atoms with Gasteiger partial charge in [0.1, 0.15) is 37.1 Å². The van der Waals surface area contributed by atoms with Crippen LogP contribution in [-0.2, 0) is 86.3 Å². The first-order chi connectivity index (χ1) is 30.6. The SMILES string of the molecule is CO[C@H]1O[C@H](COC(C)=O)[C@@H](O[C@@H]2O[C@H](COCc3ccccc3)[C@@H](OCc3ccccc3)[C@H](OCc3ccccc3)[C@H]2OC(=O)Nc2ccccc2)[C@H](OC(C)=O)[C@H]1OC(C)=O. The van der Waals surface area contributed by atoms with Gasteiger partial charge in [0, 0.05) is 33.6 Å². The van der Waals surface area contributed by atoms with Crippen LogP contribution in [0.15, 0.2) is 121 Å². The molecule has 2 aliphatic heterocycles. The zero-order chi connectivity index (χ0) is 44.6. The molecule has 0 bridgehead atoms. The standard InChI is InChI=1S/C47H53NO15/c1-30(49)55-29-38-40(42(58-31(2)50)44(59-32(3)51)45(53-4)60-38)62-46-43(63-47(52)48-36-23-15-8-16-24-36)41(57-27-35-21-13-7-14-22-35)39(56-26-34-19-11-6-12-20-34)37(61-46)28-54-25-33-17-9-5-10-18-33/h5-24,37-46H,25-29H2,1-4H3,(H,48,52)/t37-,38-,39-,40-,41+,42+,43-,44-,45+,46+/m1/s1. The number of carbonyl (C=O) groups is 4. The minimum absolute atomic E-state index is 0.0446. The van der Waals surface area contributed by atoms with E-state index in [2.05, 4.69) is 5.32 Å². The third kappa shape index (κ3) is 13.9. The predicted molar refractivity (Wildman–Crippen MR) is 223 cm³/mol. The number of amides is 1. The Morgan fingerprint density at radius 3 is 1.52 bits per heavy atom. The lowest BCUT2D eigenvalue weighted by molar-refractivity contribution is -0.363. The Morgan fingerprint density at radius 1 is 0.508 bits per heavy atom. The molecule has 0 radical (unpaired) electrons. The molecule has 2 aliphatic rings. The molecule has 336 valence electrons. The second kappa shape index (κ2) is 23.6. The molecule has 16 heteroatoms. The van der Waals surface area contributed by atoms with Crippen LogP contribution in [0.5, 0.6) is 0 Å². The summed E-state index contributed by atoms with van der Waals surface area (Å²) in [4.78, 5) is 51.4. The van der Waals surface area contributed by atoms with Crippen LogP contribution in [0.1, 0.15) is 37.5 Å². The maximum absolute atomic E-state index is 14.0. The molecule has 2 fully saturated rings. The zero-order valence-electron chi connectivity index (χ0n) is 35.5. The van der Waals surface area contributed by atoms with Gasteiger partial charge in [-0.3, -0.25) is 19.7 Å². The van der Waals surface area contributed by atoms with Crippen molar-refractivity contribution >= 4 is 29.7 Å². The number of methoxy groups -OCH3 is 1. The quantitative estimate of drug-likeness (QED) is 0.0868. The summed E-state index contributed by atoms with van der Waals surface area (Å²) in [5.41, 5.74) is 3.00. The number of anilines is 1. The van der Waals surface area contributed by atoms with E-state index in [0.29, 0.717) is 5.69 Å². The fraction of sp³-hybridized carbons (Fsp3) is 0.404. The maximum atomic E-state index is 14.0. The molecule has 2 heterocycles. The largest absolute Gasteiger partial charge is 0.463 e. The van der Waals surface area contributed by atoms with E-state index < -0.39 is 92.0 Å². The fourth-order valence-corrected chi connectivity index (χ4v) is 7.20. The smallest absolute Gasteiger partial charge is 0.412 e. The highest BCUT2D eigenvalue weighted by atomic mass is 16.8. The first-order valence-corrected chi connectivity index (χ1v) is 20.5. The van der Waals surface area contributed by atoms with Gasteiger partial charge in [-0.1, -0.05) is 109 Å². The van der Waals surface area contributed by atoms with Crippen LogP contribution in [0.25, 0.3) is 0 Å². The van der Waals surface area contributed by atoms with Gasteiger partial charge in [-0.25, -0.2) is 4.79 Å². The summed E-state index contributed by atoms with van der Waals surface area (Å²) in [6.07, 6.45) is -13.7. The monoisotopic (exact) mass is 871 g/mol. The van der Waals surface area contributed by atoms with Crippen molar-refractivity contribution in [2.45, 2.75) is 102 Å². The number of benzene rings is 4. The summed E-state index contributed by atoms with van der Waals surface area (Å²) in [6, 6.07) is 37.1. The topological polar surface area (TPSA) is 182 Å². The van der Waals surface area contributed by atoms with Crippen molar-refractivity contribution in [1.82, 2.24) is 0 Å². The molecular formula is C47H53NO15. The molecule has 1 N–H and O–H groups in total. The van der Waals surface area contributed by atoms with Crippen LogP contribution in [0.3, 0.4) is 0 Å². The van der Waals surface area contributed by atoms with E-state index in [4.69, 9.17) is 52.1 Å². The fourth-order valence-electron chi connectivity index (χ4n) is 7.20. The van der Waals surface area contributed by atoms with Gasteiger partial charge in [0.2, 0.25) is 0 Å². The van der Waals surface area contributed by atoms with Crippen molar-refractivity contribution in [3.8, 4) is 0 Å². The van der Waals surface area contributed by atoms with Crippen molar-refractivity contribution in [3.63, 3.8) is 0 Å². The Labute approximate surface area is 365 Å². The van der Waals surface area contributed by atoms with E-state index in [-0.39, 0.29) is 26.4 Å². The van der Waals surface area contributed by atoms with Gasteiger partial charge in [-0.15, -0.1) is 0 Å². The Kier molecular flexibility index (Phi) is 17.6. The van der Waals surface area contributed by atoms with Crippen molar-refractivity contribution < 1.29 is 71.3 Å². The number of esters is 3. The van der Waals surface area contributed by atoms with Crippen LogP contribution >= 0.6 is 0 Å². The first-order valence-electron chi connectivity index (χ1n) is 20.5. The second-order valence-electron chi connectivity index (χ2n) is 14.8. The number of hydrogen-bond donors (Lipinski definition) is 1. The minimum Gasteiger partial charge on any atom is -0.463 e. The van der Waals surface area contributed by atoms with Crippen LogP contribution in [0, 0.1) is 0 Å². The van der Waals surface area contributed by atoms with Crippen LogP contribution in [-0.4, -0.2) is 106 Å². The molecule has 1 amide bonds. The lowest BCUT2D eigenvalue weighted by Gasteiger charge is -2.49. The van der Waals surface area contributed by atoms with Gasteiger partial charge in [0.05, 0.1) is 26.4 Å². The molecule has 0 aliphatic carbocycles. The molecule has 0 aromatic heterocycles. The highest BCUT2D eigenvalue weighted by molar-refractivity contribution is 5.84. The summed E-state index contributed by atoms with van der Waals surface area (Å²) in [5.74, 6) is -2.15. The van der Waals surface area contributed by atoms with Gasteiger partial charge in [-0.2, -0.15) is 0 Å². The highest BCUT2D eigenvalue weighted by Crippen LogP contribution is 2.36. The number of hydrogen-bond acceptors (Lipinski definition) is 15. The van der Waals surface area contributed by atoms with Gasteiger partial charge in [-0.05, 0) is 28.8 Å². The average molecular weight is 872 g/mol. The Morgan fingerprint density at radius 2 is 0.984 bits per heavy atom. The Balaban J connectivity index is 1.43. The summed E-state index contributed by atoms with van der Waals surface area (Å²) in [6.45, 7) is 3.44. The third-order valence-electron chi connectivity index (χ3n) is 9.99. The highest BCUT2D eigenvalue weighted by Gasteiger charge is 2.56. The molecule has 0 unspecified atom stereocenters. The van der Waals surface area contributed by atoms with Crippen LogP contribution < -0.4 is 5.32 Å². The molecule has 4 aromatic rings. The normalized spacial score (nSPS) is 25.6. The number of nitrogens with one attached hydrogen (secondary N) is 1. The van der Waals surface area contributed by atoms with E-state index in [1.807, 2.05) is 91.0 Å². The van der Waals surface area contributed by atoms with Crippen molar-refractivity contribution in [1.29, 1.82) is 0 Å². The van der Waals surface area contributed by atoms with E-state index in [9.17, 15) is 19.2 Å². The zero-order valence-corrected chi connectivity index (χ0v) is 35.5. The third-order valence-corrected chi connectivity index (χ3v) is 9.99. The van der Waals surface area contributed by atoms with E-state index in [1.54, 1.807) is 30.3 Å². The van der Waals surface area contributed by atoms with Crippen molar-refractivity contribution in [3.05, 3.63) is 138 Å². The minimum atomic E-state index is -1.56. The number of ether oxygens (including phenoxy) is 11. The Bertz CT molecular complexity index is 2030. The molecule has 10 atom stereocenters. The van der Waals surface area contributed by atoms with Crippen LogP contribution in [0.4, 0.5) is 10.5 Å². The lowest BCUT2D eigenvalue weighted by Crippen LogP contribution is -2.67. The molecule has 63 heavy (non-hydrogen) atoms. The van der Waals surface area contributed by atoms with Crippen molar-refractivity contribution in [2.24, 2.45) is 0 Å². The molecule has 0 saturated carbocycles. The molecule has 6 rings (SSSR count). The molecule has 2 saturated heterocycles. The van der Waals surface area contributed by atoms with Gasteiger partial charge >= 0.3 is 24.0 Å². The molecular weight excluding hydrogens is 819 g/mol. The Hall–Kier alpha value is -5.72. The van der Waals surface area contributed by atoms with Gasteiger partial charge in [0.25, 0.3) is 0 Å². The maximum Gasteiger partial charge on any atom is 0.412 e. The summed E-state index contributed by atoms with van der Waals surface area (Å²) < 4.78 is 68.0. The van der Waals surface area contributed by atoms with Crippen molar-refractivity contribution in [2.75, 3.05) is 25.6 Å². The van der Waals surface area contributed by atoms with Gasteiger partial charge in [0.15, 0.2) is 30.9 Å². The number of rotatable bonds is 19. The van der Waals surface area contributed by atoms with Crippen LogP contribution in [0.2, 0.25) is 0 Å². The predicted octanol–water partition coefficient (Wildman–Crippen LogP) is 5.90. The molecule has 0 spiro atoms. The number of para-hydroxylation sites is 1. The second-order valence-corrected chi connectivity index (χ2v) is 14.8.